The van der Waals surface area contributed by atoms with Gasteiger partial charge in [0.2, 0.25) is 0 Å². The lowest BCUT2D eigenvalue weighted by molar-refractivity contribution is -0.153. The predicted octanol–water partition coefficient (Wildman–Crippen LogP) is 1.93. The van der Waals surface area contributed by atoms with Crippen LogP contribution in [0.5, 0.6) is 5.75 Å². The van der Waals surface area contributed by atoms with Gasteiger partial charge in [-0.3, -0.25) is 4.79 Å². The first-order valence-corrected chi connectivity index (χ1v) is 10.4. The van der Waals surface area contributed by atoms with Crippen molar-refractivity contribution in [1.82, 2.24) is 19.9 Å². The number of nitrogens with zero attached hydrogens (tertiary/aromatic N) is 4. The number of hydrogen-bond donors (Lipinski definition) is 0. The van der Waals surface area contributed by atoms with Gasteiger partial charge in [-0.15, -0.1) is 5.10 Å². The molecule has 1 unspecified atom stereocenters. The number of aromatic nitrogens is 3. The topological polar surface area (TPSA) is 78.7 Å². The minimum Gasteiger partial charge on any atom is -0.487 e. The average Bonchev–Trinajstić information content (AvgIpc) is 3.43. The van der Waals surface area contributed by atoms with Crippen LogP contribution in [0, 0.1) is 0 Å². The first-order chi connectivity index (χ1) is 14.2. The fourth-order valence-corrected chi connectivity index (χ4v) is 4.39. The molecular formula is C21H26N4O4. The second-order valence-electron chi connectivity index (χ2n) is 8.04. The number of likely N-dealkylation sites (tertiary alicyclic amines) is 1. The summed E-state index contributed by atoms with van der Waals surface area (Å²) in [6.45, 7) is 3.62. The zero-order valence-electron chi connectivity index (χ0n) is 16.5. The van der Waals surface area contributed by atoms with Crippen LogP contribution in [0.4, 0.5) is 0 Å². The Morgan fingerprint density at radius 1 is 1.24 bits per heavy atom. The van der Waals surface area contributed by atoms with Crippen LogP contribution in [0.2, 0.25) is 0 Å². The van der Waals surface area contributed by atoms with Gasteiger partial charge in [-0.1, -0.05) is 23.4 Å². The summed E-state index contributed by atoms with van der Waals surface area (Å²) in [7, 11) is 0. The van der Waals surface area contributed by atoms with Gasteiger partial charge in [0.15, 0.2) is 0 Å². The monoisotopic (exact) mass is 398 g/mol. The van der Waals surface area contributed by atoms with Crippen LogP contribution in [-0.4, -0.2) is 57.2 Å². The van der Waals surface area contributed by atoms with Gasteiger partial charge in [0.05, 0.1) is 24.4 Å². The third-order valence-electron chi connectivity index (χ3n) is 6.18. The van der Waals surface area contributed by atoms with Crippen molar-refractivity contribution in [2.75, 3.05) is 19.7 Å². The SMILES string of the molecule is O=C(C1CCCO1)N1CCC2(CC1)Cn1nnc(COc3ccccc3)c1CO2. The third kappa shape index (κ3) is 3.74. The standard InChI is InChI=1S/C21H26N4O4/c26-20(19-7-4-12-27-19)24-10-8-21(9-11-24)15-25-18(14-29-21)17(22-23-25)13-28-16-5-2-1-3-6-16/h1-3,5-6,19H,4,7-15H2. The van der Waals surface area contributed by atoms with E-state index in [1.54, 1.807) is 0 Å². The molecule has 3 aliphatic heterocycles. The van der Waals surface area contributed by atoms with E-state index in [2.05, 4.69) is 10.3 Å². The molecular weight excluding hydrogens is 372 g/mol. The van der Waals surface area contributed by atoms with Crippen molar-refractivity contribution < 1.29 is 19.0 Å². The molecule has 1 amide bonds. The van der Waals surface area contributed by atoms with Crippen LogP contribution >= 0.6 is 0 Å². The quantitative estimate of drug-likeness (QED) is 0.783. The second kappa shape index (κ2) is 7.76. The Balaban J connectivity index is 1.19. The van der Waals surface area contributed by atoms with Crippen molar-refractivity contribution in [2.24, 2.45) is 0 Å². The molecule has 154 valence electrons. The van der Waals surface area contributed by atoms with Gasteiger partial charge in [0.25, 0.3) is 5.91 Å². The molecule has 4 heterocycles. The number of ether oxygens (including phenoxy) is 3. The first-order valence-electron chi connectivity index (χ1n) is 10.4. The van der Waals surface area contributed by atoms with Crippen LogP contribution in [0.25, 0.3) is 0 Å². The van der Waals surface area contributed by atoms with Crippen LogP contribution < -0.4 is 4.74 Å². The lowest BCUT2D eigenvalue weighted by Crippen LogP contribution is -2.53. The van der Waals surface area contributed by atoms with Crippen molar-refractivity contribution in [3.8, 4) is 5.75 Å². The highest BCUT2D eigenvalue weighted by atomic mass is 16.5. The number of fused-ring (bicyclic) bond motifs is 1. The Hall–Kier alpha value is -2.45. The third-order valence-corrected chi connectivity index (χ3v) is 6.18. The Kier molecular flexibility index (Phi) is 4.97. The molecule has 2 saturated heterocycles. The summed E-state index contributed by atoms with van der Waals surface area (Å²) >= 11 is 0. The molecule has 3 aliphatic rings. The second-order valence-corrected chi connectivity index (χ2v) is 8.04. The predicted molar refractivity (Wildman–Crippen MR) is 103 cm³/mol. The molecule has 0 radical (unpaired) electrons. The Morgan fingerprint density at radius 3 is 2.83 bits per heavy atom. The Bertz CT molecular complexity index is 855. The molecule has 2 fully saturated rings. The van der Waals surface area contributed by atoms with Crippen molar-refractivity contribution in [1.29, 1.82) is 0 Å². The van der Waals surface area contributed by atoms with E-state index < -0.39 is 0 Å². The molecule has 29 heavy (non-hydrogen) atoms. The highest BCUT2D eigenvalue weighted by molar-refractivity contribution is 5.81. The van der Waals surface area contributed by atoms with Crippen molar-refractivity contribution in [3.05, 3.63) is 41.7 Å². The number of piperidine rings is 1. The molecule has 0 N–H and O–H groups in total. The van der Waals surface area contributed by atoms with Gasteiger partial charge < -0.3 is 19.1 Å². The molecule has 1 atom stereocenters. The number of para-hydroxylation sites is 1. The summed E-state index contributed by atoms with van der Waals surface area (Å²) in [5.74, 6) is 0.945. The molecule has 8 heteroatoms. The highest BCUT2D eigenvalue weighted by Gasteiger charge is 2.42. The van der Waals surface area contributed by atoms with Crippen molar-refractivity contribution in [3.63, 3.8) is 0 Å². The molecule has 1 aromatic heterocycles. The van der Waals surface area contributed by atoms with E-state index in [4.69, 9.17) is 14.2 Å². The van der Waals surface area contributed by atoms with E-state index in [0.717, 1.165) is 42.8 Å². The number of carbonyl (C=O) groups is 1. The van der Waals surface area contributed by atoms with Gasteiger partial charge in [-0.25, -0.2) is 4.68 Å². The number of benzene rings is 1. The van der Waals surface area contributed by atoms with E-state index >= 15 is 0 Å². The summed E-state index contributed by atoms with van der Waals surface area (Å²) in [4.78, 5) is 14.5. The summed E-state index contributed by atoms with van der Waals surface area (Å²) in [6.07, 6.45) is 3.18. The highest BCUT2D eigenvalue weighted by Crippen LogP contribution is 2.34. The molecule has 1 spiro atoms. The van der Waals surface area contributed by atoms with Gasteiger partial charge in [0, 0.05) is 19.7 Å². The van der Waals surface area contributed by atoms with Gasteiger partial charge in [0.1, 0.15) is 24.2 Å². The van der Waals surface area contributed by atoms with Crippen LogP contribution in [0.15, 0.2) is 30.3 Å². The van der Waals surface area contributed by atoms with Gasteiger partial charge in [-0.05, 0) is 37.8 Å². The molecule has 8 nitrogen and oxygen atoms in total. The molecule has 0 bridgehead atoms. The zero-order valence-corrected chi connectivity index (χ0v) is 16.5. The molecule has 5 rings (SSSR count). The lowest BCUT2D eigenvalue weighted by atomic mass is 9.89. The number of carbonyl (C=O) groups excluding carboxylic acids is 1. The fourth-order valence-electron chi connectivity index (χ4n) is 4.39. The minimum atomic E-state index is -0.272. The van der Waals surface area contributed by atoms with Crippen molar-refractivity contribution >= 4 is 5.91 Å². The summed E-state index contributed by atoms with van der Waals surface area (Å²) in [5.41, 5.74) is 1.52. The smallest absolute Gasteiger partial charge is 0.251 e. The Morgan fingerprint density at radius 2 is 2.07 bits per heavy atom. The normalized spacial score (nSPS) is 23.2. The number of rotatable bonds is 4. The number of hydrogen-bond acceptors (Lipinski definition) is 6. The van der Waals surface area contributed by atoms with Crippen molar-refractivity contribution in [2.45, 2.75) is 57.1 Å². The van der Waals surface area contributed by atoms with E-state index in [-0.39, 0.29) is 17.6 Å². The first kappa shape index (κ1) is 18.6. The van der Waals surface area contributed by atoms with E-state index in [0.29, 0.717) is 39.5 Å². The fraction of sp³-hybridized carbons (Fsp3) is 0.571. The zero-order chi connectivity index (χ0) is 19.7. The largest absolute Gasteiger partial charge is 0.487 e. The van der Waals surface area contributed by atoms with E-state index in [1.807, 2.05) is 39.9 Å². The minimum absolute atomic E-state index is 0.134. The van der Waals surface area contributed by atoms with Gasteiger partial charge >= 0.3 is 0 Å². The maximum absolute atomic E-state index is 12.6. The maximum atomic E-state index is 12.6. The summed E-state index contributed by atoms with van der Waals surface area (Å²) in [6, 6.07) is 9.69. The summed E-state index contributed by atoms with van der Waals surface area (Å²) in [5, 5.41) is 8.66. The van der Waals surface area contributed by atoms with Crippen LogP contribution in [0.1, 0.15) is 37.1 Å². The van der Waals surface area contributed by atoms with Gasteiger partial charge in [-0.2, -0.15) is 0 Å². The van der Waals surface area contributed by atoms with E-state index in [1.165, 1.54) is 0 Å². The molecule has 0 aliphatic carbocycles. The summed E-state index contributed by atoms with van der Waals surface area (Å²) < 4.78 is 19.6. The van der Waals surface area contributed by atoms with Crippen LogP contribution in [0.3, 0.4) is 0 Å². The Labute approximate surface area is 169 Å². The molecule has 1 aromatic carbocycles. The molecule has 0 saturated carbocycles. The molecule has 2 aromatic rings. The number of amides is 1. The lowest BCUT2D eigenvalue weighted by Gasteiger charge is -2.44. The maximum Gasteiger partial charge on any atom is 0.251 e. The average molecular weight is 398 g/mol. The van der Waals surface area contributed by atoms with Crippen LogP contribution in [-0.2, 0) is 34.0 Å². The van der Waals surface area contributed by atoms with E-state index in [9.17, 15) is 4.79 Å².